The maximum absolute atomic E-state index is 7.42. The Morgan fingerprint density at radius 2 is 1.69 bits per heavy atom. The fraction of sp³-hybridized carbons (Fsp3) is 0.750. The second-order valence-corrected chi connectivity index (χ2v) is 4.13. The highest BCUT2D eigenvalue weighted by Crippen LogP contribution is 2.07. The first-order valence-electron chi connectivity index (χ1n) is 4.19. The molecule has 0 radical (unpaired) electrons. The lowest BCUT2D eigenvalue weighted by atomic mass is 10.4. The first kappa shape index (κ1) is 12.8. The molecule has 0 aliphatic heterocycles. The highest BCUT2D eigenvalue weighted by Gasteiger charge is 2.14. The average molecular weight is 219 g/mol. The molecule has 76 valence electrons. The van der Waals surface area contributed by atoms with Crippen molar-refractivity contribution in [1.82, 2.24) is 4.90 Å². The number of nitrogens with one attached hydrogen (secondary N) is 1. The van der Waals surface area contributed by atoms with Crippen molar-refractivity contribution >= 4 is 35.6 Å². The molecular formula is C8H17N3S2. The van der Waals surface area contributed by atoms with E-state index in [1.165, 1.54) is 0 Å². The van der Waals surface area contributed by atoms with Crippen LogP contribution in [-0.2, 0) is 0 Å². The molecule has 0 saturated heterocycles. The van der Waals surface area contributed by atoms with Crippen molar-refractivity contribution in [3.8, 4) is 0 Å². The Labute approximate surface area is 90.9 Å². The predicted molar refractivity (Wildman–Crippen MR) is 65.2 cm³/mol. The summed E-state index contributed by atoms with van der Waals surface area (Å²) in [6.45, 7) is 7.88. The summed E-state index contributed by atoms with van der Waals surface area (Å²) >= 11 is 8.20. The Balaban J connectivity index is 4.65. The van der Waals surface area contributed by atoms with Crippen LogP contribution in [-0.4, -0.2) is 27.3 Å². The minimum Gasteiger partial charge on any atom is -0.299 e. The van der Waals surface area contributed by atoms with Gasteiger partial charge in [-0.05, 0) is 27.7 Å². The highest BCUT2D eigenvalue weighted by atomic mass is 32.1. The van der Waals surface area contributed by atoms with Crippen LogP contribution in [0.4, 0.5) is 0 Å². The third-order valence-corrected chi connectivity index (χ3v) is 1.88. The molecule has 0 atom stereocenters. The highest BCUT2D eigenvalue weighted by molar-refractivity contribution is 7.99. The van der Waals surface area contributed by atoms with Crippen molar-refractivity contribution in [3.63, 3.8) is 0 Å². The normalized spacial score (nSPS) is 12.5. The van der Waals surface area contributed by atoms with Crippen LogP contribution < -0.4 is 0 Å². The zero-order chi connectivity index (χ0) is 10.6. The van der Waals surface area contributed by atoms with Crippen molar-refractivity contribution in [2.45, 2.75) is 39.8 Å². The molecule has 13 heavy (non-hydrogen) atoms. The minimum atomic E-state index is 0.153. The molecule has 0 fully saturated rings. The van der Waals surface area contributed by atoms with Gasteiger partial charge in [-0.3, -0.25) is 15.3 Å². The maximum Gasteiger partial charge on any atom is 0.162 e. The van der Waals surface area contributed by atoms with E-state index in [0.29, 0.717) is 5.17 Å². The van der Waals surface area contributed by atoms with Crippen LogP contribution in [0.2, 0.25) is 0 Å². The Bertz CT molecular complexity index is 211. The SMILES string of the molecule is CC(C)N=C(S)N(C(=N)S)C(C)C. The van der Waals surface area contributed by atoms with Crippen LogP contribution >= 0.6 is 25.3 Å². The summed E-state index contributed by atoms with van der Waals surface area (Å²) in [7, 11) is 0. The van der Waals surface area contributed by atoms with E-state index in [1.807, 2.05) is 27.7 Å². The smallest absolute Gasteiger partial charge is 0.162 e. The largest absolute Gasteiger partial charge is 0.299 e. The molecule has 5 heteroatoms. The summed E-state index contributed by atoms with van der Waals surface area (Å²) < 4.78 is 0. The summed E-state index contributed by atoms with van der Waals surface area (Å²) in [5.74, 6) is 0. The first-order valence-corrected chi connectivity index (χ1v) is 5.09. The fourth-order valence-corrected chi connectivity index (χ4v) is 1.83. The zero-order valence-electron chi connectivity index (χ0n) is 8.44. The van der Waals surface area contributed by atoms with Gasteiger partial charge in [0.25, 0.3) is 0 Å². The summed E-state index contributed by atoms with van der Waals surface area (Å²) in [5, 5.41) is 8.13. The van der Waals surface area contributed by atoms with E-state index in [-0.39, 0.29) is 17.3 Å². The number of aliphatic imine (C=N–C) groups is 1. The molecule has 0 spiro atoms. The Kier molecular flexibility index (Phi) is 5.48. The minimum absolute atomic E-state index is 0.153. The molecule has 0 amide bonds. The van der Waals surface area contributed by atoms with E-state index in [0.717, 1.165) is 0 Å². The van der Waals surface area contributed by atoms with Gasteiger partial charge in [-0.25, -0.2) is 0 Å². The van der Waals surface area contributed by atoms with Crippen molar-refractivity contribution in [1.29, 1.82) is 5.41 Å². The molecule has 0 saturated carbocycles. The van der Waals surface area contributed by atoms with Gasteiger partial charge in [0, 0.05) is 12.1 Å². The summed E-state index contributed by atoms with van der Waals surface area (Å²) in [6.07, 6.45) is 0. The van der Waals surface area contributed by atoms with Gasteiger partial charge in [-0.15, -0.1) is 25.3 Å². The second-order valence-electron chi connectivity index (χ2n) is 3.31. The van der Waals surface area contributed by atoms with E-state index in [1.54, 1.807) is 4.90 Å². The van der Waals surface area contributed by atoms with Gasteiger partial charge in [-0.1, -0.05) is 0 Å². The van der Waals surface area contributed by atoms with E-state index < -0.39 is 0 Å². The number of hydrogen-bond acceptors (Lipinski definition) is 2. The maximum atomic E-state index is 7.42. The molecule has 0 aliphatic carbocycles. The van der Waals surface area contributed by atoms with Crippen LogP contribution in [0.25, 0.3) is 0 Å². The monoisotopic (exact) mass is 219 g/mol. The second kappa shape index (κ2) is 5.54. The van der Waals surface area contributed by atoms with Crippen molar-refractivity contribution in [2.24, 2.45) is 4.99 Å². The lowest BCUT2D eigenvalue weighted by Crippen LogP contribution is -2.37. The topological polar surface area (TPSA) is 39.5 Å². The van der Waals surface area contributed by atoms with E-state index in [2.05, 4.69) is 30.2 Å². The van der Waals surface area contributed by atoms with Crippen LogP contribution in [0, 0.1) is 5.41 Å². The molecule has 0 heterocycles. The number of amidine groups is 2. The Hall–Kier alpha value is -0.160. The number of rotatable bonds is 2. The average Bonchev–Trinajstić information content (AvgIpc) is 1.81. The standard InChI is InChI=1S/C8H17N3S2/c1-5(2)10-8(13)11(6(3)4)7(9)12/h5-6H,1-4H3,(H2,9,12)(H,10,13). The molecule has 0 aliphatic rings. The molecule has 0 bridgehead atoms. The van der Waals surface area contributed by atoms with Gasteiger partial charge in [0.05, 0.1) is 0 Å². The van der Waals surface area contributed by atoms with Crippen LogP contribution in [0.3, 0.4) is 0 Å². The summed E-state index contributed by atoms with van der Waals surface area (Å²) in [6, 6.07) is 0.335. The van der Waals surface area contributed by atoms with Gasteiger partial charge in [0.2, 0.25) is 0 Å². The molecule has 1 N–H and O–H groups in total. The molecule has 0 rings (SSSR count). The van der Waals surface area contributed by atoms with Crippen molar-refractivity contribution in [2.75, 3.05) is 0 Å². The quantitative estimate of drug-likeness (QED) is 0.372. The van der Waals surface area contributed by atoms with Gasteiger partial charge >= 0.3 is 0 Å². The van der Waals surface area contributed by atoms with Crippen molar-refractivity contribution < 1.29 is 0 Å². The van der Waals surface area contributed by atoms with Crippen LogP contribution in [0.15, 0.2) is 4.99 Å². The molecule has 3 nitrogen and oxygen atoms in total. The summed E-state index contributed by atoms with van der Waals surface area (Å²) in [4.78, 5) is 5.90. The van der Waals surface area contributed by atoms with Gasteiger partial charge in [0.15, 0.2) is 10.3 Å². The van der Waals surface area contributed by atoms with Gasteiger partial charge < -0.3 is 0 Å². The van der Waals surface area contributed by atoms with E-state index >= 15 is 0 Å². The van der Waals surface area contributed by atoms with Crippen LogP contribution in [0.5, 0.6) is 0 Å². The molecule has 0 aromatic carbocycles. The Morgan fingerprint density at radius 1 is 1.23 bits per heavy atom. The number of hydrogen-bond donors (Lipinski definition) is 3. The third kappa shape index (κ3) is 4.57. The van der Waals surface area contributed by atoms with Crippen molar-refractivity contribution in [3.05, 3.63) is 0 Å². The van der Waals surface area contributed by atoms with E-state index in [4.69, 9.17) is 5.41 Å². The molecular weight excluding hydrogens is 202 g/mol. The lowest BCUT2D eigenvalue weighted by molar-refractivity contribution is 0.511. The molecule has 0 aromatic heterocycles. The lowest BCUT2D eigenvalue weighted by Gasteiger charge is -2.25. The van der Waals surface area contributed by atoms with Gasteiger partial charge in [-0.2, -0.15) is 0 Å². The molecule has 0 unspecified atom stereocenters. The number of thiol groups is 2. The van der Waals surface area contributed by atoms with Crippen LogP contribution in [0.1, 0.15) is 27.7 Å². The molecule has 0 aromatic rings. The zero-order valence-corrected chi connectivity index (χ0v) is 10.2. The Morgan fingerprint density at radius 3 is 1.92 bits per heavy atom. The third-order valence-electron chi connectivity index (χ3n) is 1.33. The predicted octanol–water partition coefficient (Wildman–Crippen LogP) is 2.26. The van der Waals surface area contributed by atoms with E-state index in [9.17, 15) is 0 Å². The fourth-order valence-electron chi connectivity index (χ4n) is 0.863. The first-order chi connectivity index (χ1) is 5.86. The summed E-state index contributed by atoms with van der Waals surface area (Å²) in [5.41, 5.74) is 0. The van der Waals surface area contributed by atoms with Gasteiger partial charge in [0.1, 0.15) is 0 Å². The number of nitrogens with zero attached hydrogens (tertiary/aromatic N) is 2.